The fraction of sp³-hybridized carbons (Fsp3) is 0.300. The molecule has 6 heteroatoms. The van der Waals surface area contributed by atoms with Crippen LogP contribution in [0, 0.1) is 20.8 Å². The summed E-state index contributed by atoms with van der Waals surface area (Å²) < 4.78 is 8.70. The Labute approximate surface area is 108 Å². The van der Waals surface area contributed by atoms with Crippen LogP contribution < -0.4 is 18.9 Å². The van der Waals surface area contributed by atoms with Crippen LogP contribution >= 0.6 is 8.25 Å². The van der Waals surface area contributed by atoms with Crippen LogP contribution in [-0.2, 0) is 9.36 Å². The van der Waals surface area contributed by atoms with E-state index in [9.17, 15) is 4.79 Å². The molecule has 0 aliphatic heterocycles. The molecule has 1 rings (SSSR count). The Morgan fingerprint density at radius 1 is 1.12 bits per heavy atom. The maximum absolute atomic E-state index is 10.4. The summed E-state index contributed by atoms with van der Waals surface area (Å²) >= 11 is 0. The molecule has 0 saturated carbocycles. The van der Waals surface area contributed by atoms with Gasteiger partial charge in [-0.2, -0.15) is 0 Å². The fourth-order valence-electron chi connectivity index (χ4n) is 1.34. The molecule has 0 bridgehead atoms. The molecule has 16 heavy (non-hydrogen) atoms. The van der Waals surface area contributed by atoms with Gasteiger partial charge in [0.25, 0.3) is 0 Å². The zero-order valence-electron chi connectivity index (χ0n) is 9.81. The van der Waals surface area contributed by atoms with Crippen molar-refractivity contribution < 1.29 is 38.0 Å². The maximum atomic E-state index is 10.4. The number of benzene rings is 1. The van der Waals surface area contributed by atoms with Crippen molar-refractivity contribution in [3.63, 3.8) is 0 Å². The van der Waals surface area contributed by atoms with E-state index in [2.05, 4.69) is 0 Å². The van der Waals surface area contributed by atoms with E-state index in [1.54, 1.807) is 0 Å². The first-order valence-electron chi connectivity index (χ1n) is 4.19. The van der Waals surface area contributed by atoms with Crippen molar-refractivity contribution in [1.82, 2.24) is 0 Å². The molecule has 82 valence electrons. The number of hydrogen-bond acceptors (Lipinski definition) is 2. The zero-order chi connectivity index (χ0) is 12.0. The summed E-state index contributed by atoms with van der Waals surface area (Å²) in [6, 6.07) is 3.99. The summed E-state index contributed by atoms with van der Waals surface area (Å²) in [6.07, 6.45) is 1.94. The van der Waals surface area contributed by atoms with Crippen LogP contribution in [0.15, 0.2) is 12.1 Å². The van der Waals surface area contributed by atoms with Gasteiger partial charge in [0.1, 0.15) is 0 Å². The van der Waals surface area contributed by atoms with Crippen LogP contribution in [0.3, 0.4) is 0 Å². The molecule has 0 unspecified atom stereocenters. The molecular formula is C10H13LiO4P+. The summed E-state index contributed by atoms with van der Waals surface area (Å²) in [5, 5.41) is 0. The summed E-state index contributed by atoms with van der Waals surface area (Å²) in [7, 11) is -2.87. The third-order valence-electron chi connectivity index (χ3n) is 1.78. The van der Waals surface area contributed by atoms with Crippen molar-refractivity contribution in [1.29, 1.82) is 0 Å². The Balaban J connectivity index is 0. The van der Waals surface area contributed by atoms with Crippen LogP contribution in [0.1, 0.15) is 22.3 Å². The van der Waals surface area contributed by atoms with Crippen LogP contribution in [0.2, 0.25) is 0 Å². The average Bonchev–Trinajstić information content (AvgIpc) is 2.01. The van der Waals surface area contributed by atoms with Gasteiger partial charge in [-0.1, -0.05) is 19.4 Å². The molecule has 4 nitrogen and oxygen atoms in total. The SMILES string of the molecule is Cc1cc(C)c([C-]=O)c(C)c1.O=[P+](O)O.[Li+]. The molecule has 0 amide bonds. The first kappa shape index (κ1) is 17.9. The minimum atomic E-state index is -2.87. The molecule has 0 saturated heterocycles. The number of rotatable bonds is 1. The van der Waals surface area contributed by atoms with Gasteiger partial charge in [0, 0.05) is 4.57 Å². The molecule has 0 spiro atoms. The van der Waals surface area contributed by atoms with Gasteiger partial charge in [-0.15, -0.1) is 38.6 Å². The van der Waals surface area contributed by atoms with E-state index < -0.39 is 8.25 Å². The molecule has 0 heterocycles. The van der Waals surface area contributed by atoms with Crippen LogP contribution in [0.4, 0.5) is 0 Å². The Morgan fingerprint density at radius 3 is 1.69 bits per heavy atom. The van der Waals surface area contributed by atoms with Gasteiger partial charge in [0.2, 0.25) is 0 Å². The van der Waals surface area contributed by atoms with Gasteiger partial charge in [-0.25, -0.2) is 0 Å². The van der Waals surface area contributed by atoms with Gasteiger partial charge < -0.3 is 4.79 Å². The van der Waals surface area contributed by atoms with Gasteiger partial charge in [0.05, 0.1) is 6.29 Å². The van der Waals surface area contributed by atoms with E-state index in [0.717, 1.165) is 11.1 Å². The van der Waals surface area contributed by atoms with E-state index in [1.807, 2.05) is 39.2 Å². The number of hydrogen-bond donors (Lipinski definition) is 2. The Hall–Kier alpha value is -0.493. The third kappa shape index (κ3) is 6.89. The fourth-order valence-corrected chi connectivity index (χ4v) is 1.34. The van der Waals surface area contributed by atoms with E-state index in [0.29, 0.717) is 5.56 Å². The largest absolute Gasteiger partial charge is 1.00 e. The molecular weight excluding hydrogens is 222 g/mol. The van der Waals surface area contributed by atoms with Crippen molar-refractivity contribution in [2.75, 3.05) is 0 Å². The quantitative estimate of drug-likeness (QED) is 0.360. The van der Waals surface area contributed by atoms with Crippen LogP contribution in [-0.4, -0.2) is 16.1 Å². The second kappa shape index (κ2) is 8.64. The average molecular weight is 235 g/mol. The van der Waals surface area contributed by atoms with Crippen molar-refractivity contribution in [2.24, 2.45) is 0 Å². The second-order valence-corrected chi connectivity index (χ2v) is 3.63. The molecule has 0 aliphatic rings. The second-order valence-electron chi connectivity index (χ2n) is 3.13. The van der Waals surface area contributed by atoms with E-state index in [1.165, 1.54) is 5.56 Å². The van der Waals surface area contributed by atoms with Crippen molar-refractivity contribution in [3.05, 3.63) is 34.4 Å². The first-order valence-corrected chi connectivity index (χ1v) is 5.36. The van der Waals surface area contributed by atoms with Gasteiger partial charge in [-0.3, -0.25) is 0 Å². The molecule has 0 fully saturated rings. The van der Waals surface area contributed by atoms with Gasteiger partial charge >= 0.3 is 27.1 Å². The number of aryl methyl sites for hydroxylation is 3. The van der Waals surface area contributed by atoms with Crippen molar-refractivity contribution >= 4 is 14.5 Å². The maximum Gasteiger partial charge on any atom is 1.00 e. The molecule has 0 aromatic heterocycles. The smallest absolute Gasteiger partial charge is 0.376 e. The summed E-state index contributed by atoms with van der Waals surface area (Å²) in [6.45, 7) is 5.88. The molecule has 0 atom stereocenters. The molecule has 2 N–H and O–H groups in total. The number of carbonyl (C=O) groups excluding carboxylic acids is 1. The molecule has 1 aromatic rings. The Kier molecular flexibility index (Phi) is 9.65. The van der Waals surface area contributed by atoms with E-state index >= 15 is 0 Å². The Morgan fingerprint density at radius 2 is 1.44 bits per heavy atom. The predicted octanol–water partition coefficient (Wildman–Crippen LogP) is -1.30. The first-order chi connectivity index (χ1) is 6.88. The van der Waals surface area contributed by atoms with Crippen molar-refractivity contribution in [3.8, 4) is 0 Å². The monoisotopic (exact) mass is 235 g/mol. The standard InChI is InChI=1S/C10H11O.Li.HO3P/c1-7-4-8(2)10(6-11)9(3)5-7;;1-4(2)3/h4-5H,1-3H3;;(H-,1,2,3)/q-1;+1;/p+1. The predicted molar refractivity (Wildman–Crippen MR) is 57.5 cm³/mol. The molecule has 1 aromatic carbocycles. The zero-order valence-corrected chi connectivity index (χ0v) is 10.7. The van der Waals surface area contributed by atoms with E-state index in [4.69, 9.17) is 14.4 Å². The third-order valence-corrected chi connectivity index (χ3v) is 1.78. The summed E-state index contributed by atoms with van der Waals surface area (Å²) in [4.78, 5) is 24.7. The summed E-state index contributed by atoms with van der Waals surface area (Å²) in [5.74, 6) is 0. The van der Waals surface area contributed by atoms with Crippen molar-refractivity contribution in [2.45, 2.75) is 20.8 Å². The van der Waals surface area contributed by atoms with Gasteiger partial charge in [-0.05, 0) is 6.92 Å². The minimum Gasteiger partial charge on any atom is -0.376 e. The van der Waals surface area contributed by atoms with Crippen LogP contribution in [0.25, 0.3) is 0 Å². The Bertz CT molecular complexity index is 352. The molecule has 0 radical (unpaired) electrons. The van der Waals surface area contributed by atoms with E-state index in [-0.39, 0.29) is 18.9 Å². The van der Waals surface area contributed by atoms with Gasteiger partial charge in [0.15, 0.2) is 0 Å². The minimum absolute atomic E-state index is 0. The molecule has 0 aliphatic carbocycles. The normalized spacial score (nSPS) is 8.31. The topological polar surface area (TPSA) is 74.6 Å². The van der Waals surface area contributed by atoms with Crippen LogP contribution in [0.5, 0.6) is 0 Å². The summed E-state index contributed by atoms with van der Waals surface area (Å²) in [5.41, 5.74) is 3.92.